The largest absolute Gasteiger partial charge is 0.363 e. The summed E-state index contributed by atoms with van der Waals surface area (Å²) in [6.45, 7) is 4.86. The number of hydrogen-bond acceptors (Lipinski definition) is 3. The summed E-state index contributed by atoms with van der Waals surface area (Å²) in [4.78, 5) is 5.35. The molecule has 2 atom stereocenters. The number of hydrogen-bond donors (Lipinski definition) is 0. The molecule has 0 spiro atoms. The molecule has 3 aliphatic rings. The Labute approximate surface area is 98.7 Å². The van der Waals surface area contributed by atoms with Crippen LogP contribution in [0.2, 0.25) is 0 Å². The Kier molecular flexibility index (Phi) is 3.46. The lowest BCUT2D eigenvalue weighted by Gasteiger charge is -2.43. The summed E-state index contributed by atoms with van der Waals surface area (Å²) in [5, 5.41) is 0. The van der Waals surface area contributed by atoms with Gasteiger partial charge in [0.15, 0.2) is 0 Å². The third-order valence-corrected chi connectivity index (χ3v) is 4.35. The van der Waals surface area contributed by atoms with Crippen molar-refractivity contribution < 1.29 is 4.74 Å². The van der Waals surface area contributed by atoms with Crippen LogP contribution < -0.4 is 0 Å². The maximum Gasteiger partial charge on any atom is 0.111 e. The molecule has 0 bridgehead atoms. The normalized spacial score (nSPS) is 38.2. The highest BCUT2D eigenvalue weighted by Crippen LogP contribution is 2.29. The first-order valence-electron chi connectivity index (χ1n) is 7.06. The Morgan fingerprint density at radius 2 is 1.62 bits per heavy atom. The van der Waals surface area contributed by atoms with Crippen molar-refractivity contribution in [2.45, 2.75) is 57.3 Å². The molecule has 0 radical (unpaired) electrons. The van der Waals surface area contributed by atoms with E-state index in [-0.39, 0.29) is 0 Å². The molecule has 0 aromatic rings. The van der Waals surface area contributed by atoms with Crippen molar-refractivity contribution >= 4 is 0 Å². The Balaban J connectivity index is 1.67. The highest BCUT2D eigenvalue weighted by molar-refractivity contribution is 4.83. The smallest absolute Gasteiger partial charge is 0.111 e. The second kappa shape index (κ2) is 5.03. The molecular weight excluding hydrogens is 200 g/mol. The highest BCUT2D eigenvalue weighted by Gasteiger charge is 2.35. The SMILES string of the molecule is C1COC(N2CCCCC2N2CCCC2)C1. The van der Waals surface area contributed by atoms with Gasteiger partial charge >= 0.3 is 0 Å². The van der Waals surface area contributed by atoms with Crippen LogP contribution in [-0.2, 0) is 4.74 Å². The Morgan fingerprint density at radius 1 is 0.812 bits per heavy atom. The van der Waals surface area contributed by atoms with Crippen LogP contribution in [0.15, 0.2) is 0 Å². The molecule has 0 aliphatic carbocycles. The van der Waals surface area contributed by atoms with Crippen LogP contribution in [0.25, 0.3) is 0 Å². The summed E-state index contributed by atoms with van der Waals surface area (Å²) in [7, 11) is 0. The zero-order chi connectivity index (χ0) is 10.8. The molecule has 0 aromatic carbocycles. The van der Waals surface area contributed by atoms with Gasteiger partial charge in [-0.25, -0.2) is 0 Å². The summed E-state index contributed by atoms with van der Waals surface area (Å²) in [6.07, 6.45) is 10.6. The molecule has 3 nitrogen and oxygen atoms in total. The van der Waals surface area contributed by atoms with E-state index in [1.807, 2.05) is 0 Å². The molecule has 0 aromatic heterocycles. The lowest BCUT2D eigenvalue weighted by atomic mass is 10.1. The lowest BCUT2D eigenvalue weighted by Crippen LogP contribution is -2.53. The number of likely N-dealkylation sites (tertiary alicyclic amines) is 2. The van der Waals surface area contributed by atoms with Crippen molar-refractivity contribution in [2.75, 3.05) is 26.2 Å². The molecule has 3 aliphatic heterocycles. The van der Waals surface area contributed by atoms with Crippen molar-refractivity contribution in [3.63, 3.8) is 0 Å². The monoisotopic (exact) mass is 224 g/mol. The van der Waals surface area contributed by atoms with Crippen LogP contribution in [0.1, 0.15) is 44.9 Å². The van der Waals surface area contributed by atoms with E-state index >= 15 is 0 Å². The van der Waals surface area contributed by atoms with Crippen molar-refractivity contribution in [1.82, 2.24) is 9.80 Å². The first kappa shape index (κ1) is 11.0. The van der Waals surface area contributed by atoms with Crippen LogP contribution in [-0.4, -0.2) is 48.4 Å². The van der Waals surface area contributed by atoms with Crippen LogP contribution in [0.4, 0.5) is 0 Å². The number of piperidine rings is 1. The van der Waals surface area contributed by atoms with Crippen LogP contribution in [0.5, 0.6) is 0 Å². The summed E-state index contributed by atoms with van der Waals surface area (Å²) in [5.41, 5.74) is 0. The molecule has 3 fully saturated rings. The van der Waals surface area contributed by atoms with Gasteiger partial charge < -0.3 is 4.74 Å². The fourth-order valence-corrected chi connectivity index (χ4v) is 3.53. The molecule has 3 heteroatoms. The van der Waals surface area contributed by atoms with Gasteiger partial charge in [0, 0.05) is 13.2 Å². The third-order valence-electron chi connectivity index (χ3n) is 4.35. The topological polar surface area (TPSA) is 15.7 Å². The van der Waals surface area contributed by atoms with Crippen LogP contribution >= 0.6 is 0 Å². The van der Waals surface area contributed by atoms with E-state index in [4.69, 9.17) is 4.74 Å². The van der Waals surface area contributed by atoms with Gasteiger partial charge in [0.25, 0.3) is 0 Å². The van der Waals surface area contributed by atoms with Crippen molar-refractivity contribution in [3.8, 4) is 0 Å². The predicted octanol–water partition coefficient (Wildman–Crippen LogP) is 2.03. The third kappa shape index (κ3) is 2.13. The maximum atomic E-state index is 5.88. The fourth-order valence-electron chi connectivity index (χ4n) is 3.53. The second-order valence-corrected chi connectivity index (χ2v) is 5.42. The van der Waals surface area contributed by atoms with E-state index < -0.39 is 0 Å². The van der Waals surface area contributed by atoms with Crippen molar-refractivity contribution in [1.29, 1.82) is 0 Å². The minimum atomic E-state index is 0.436. The average molecular weight is 224 g/mol. The number of rotatable bonds is 2. The van der Waals surface area contributed by atoms with E-state index in [1.165, 1.54) is 64.6 Å². The van der Waals surface area contributed by atoms with Gasteiger partial charge in [-0.3, -0.25) is 9.80 Å². The quantitative estimate of drug-likeness (QED) is 0.714. The van der Waals surface area contributed by atoms with Gasteiger partial charge in [0.2, 0.25) is 0 Å². The zero-order valence-corrected chi connectivity index (χ0v) is 10.2. The van der Waals surface area contributed by atoms with Gasteiger partial charge in [-0.05, 0) is 58.0 Å². The molecule has 3 rings (SSSR count). The summed E-state index contributed by atoms with van der Waals surface area (Å²) in [5.74, 6) is 0. The molecule has 0 N–H and O–H groups in total. The zero-order valence-electron chi connectivity index (χ0n) is 10.2. The molecule has 0 saturated carbocycles. The minimum Gasteiger partial charge on any atom is -0.363 e. The van der Waals surface area contributed by atoms with Gasteiger partial charge in [-0.15, -0.1) is 0 Å². The molecular formula is C13H24N2O. The Bertz CT molecular complexity index is 198. The van der Waals surface area contributed by atoms with Gasteiger partial charge in [0.05, 0.1) is 6.17 Å². The first-order chi connectivity index (χ1) is 7.95. The first-order valence-corrected chi connectivity index (χ1v) is 7.06. The predicted molar refractivity (Wildman–Crippen MR) is 64.1 cm³/mol. The van der Waals surface area contributed by atoms with E-state index in [9.17, 15) is 0 Å². The highest BCUT2D eigenvalue weighted by atomic mass is 16.5. The Hall–Kier alpha value is -0.120. The molecule has 0 amide bonds. The van der Waals surface area contributed by atoms with Crippen LogP contribution in [0, 0.1) is 0 Å². The number of nitrogens with zero attached hydrogens (tertiary/aromatic N) is 2. The molecule has 3 saturated heterocycles. The molecule has 16 heavy (non-hydrogen) atoms. The molecule has 92 valence electrons. The van der Waals surface area contributed by atoms with Gasteiger partial charge in [-0.1, -0.05) is 0 Å². The van der Waals surface area contributed by atoms with E-state index in [2.05, 4.69) is 9.80 Å². The summed E-state index contributed by atoms with van der Waals surface area (Å²) < 4.78 is 5.88. The summed E-state index contributed by atoms with van der Waals surface area (Å²) in [6, 6.07) is 0. The van der Waals surface area contributed by atoms with E-state index in [0.717, 1.165) is 6.61 Å². The number of ether oxygens (including phenoxy) is 1. The Morgan fingerprint density at radius 3 is 2.38 bits per heavy atom. The second-order valence-electron chi connectivity index (χ2n) is 5.42. The minimum absolute atomic E-state index is 0.436. The van der Waals surface area contributed by atoms with Crippen molar-refractivity contribution in [2.24, 2.45) is 0 Å². The standard InChI is InChI=1S/C13H24N2O/c1-2-10-15(13-7-5-11-16-13)12(6-1)14-8-3-4-9-14/h12-13H,1-11H2. The lowest BCUT2D eigenvalue weighted by molar-refractivity contribution is -0.0968. The van der Waals surface area contributed by atoms with E-state index in [1.54, 1.807) is 0 Å². The van der Waals surface area contributed by atoms with Crippen LogP contribution in [0.3, 0.4) is 0 Å². The molecule has 2 unspecified atom stereocenters. The van der Waals surface area contributed by atoms with Crippen molar-refractivity contribution in [3.05, 3.63) is 0 Å². The van der Waals surface area contributed by atoms with E-state index in [0.29, 0.717) is 12.4 Å². The average Bonchev–Trinajstić information content (AvgIpc) is 3.03. The van der Waals surface area contributed by atoms with Gasteiger partial charge in [-0.2, -0.15) is 0 Å². The summed E-state index contributed by atoms with van der Waals surface area (Å²) >= 11 is 0. The van der Waals surface area contributed by atoms with Gasteiger partial charge in [0.1, 0.15) is 6.23 Å². The molecule has 3 heterocycles. The maximum absolute atomic E-state index is 5.88. The fraction of sp³-hybridized carbons (Fsp3) is 1.00.